The van der Waals surface area contributed by atoms with E-state index in [2.05, 4.69) is 33.2 Å². The Bertz CT molecular complexity index is 793. The van der Waals surface area contributed by atoms with Gasteiger partial charge < -0.3 is 15.0 Å². The average molecular weight is 354 g/mol. The number of rotatable bonds is 6. The molecule has 8 nitrogen and oxygen atoms in total. The summed E-state index contributed by atoms with van der Waals surface area (Å²) < 4.78 is 5.54. The molecular formula is C18H22N6O2. The number of nitriles is 1. The fourth-order valence-corrected chi connectivity index (χ4v) is 2.92. The average Bonchev–Trinajstić information content (AvgIpc) is 3.12. The molecule has 3 rings (SSSR count). The molecule has 2 aromatic rings. The Morgan fingerprint density at radius 2 is 2.19 bits per heavy atom. The van der Waals surface area contributed by atoms with Crippen molar-refractivity contribution in [3.05, 3.63) is 35.7 Å². The molecule has 0 amide bonds. The fraction of sp³-hybridized carbons (Fsp3) is 0.444. The van der Waals surface area contributed by atoms with E-state index in [1.165, 1.54) is 19.3 Å². The van der Waals surface area contributed by atoms with Gasteiger partial charge in [0, 0.05) is 11.6 Å². The number of piperidine rings is 1. The molecule has 0 bridgehead atoms. The van der Waals surface area contributed by atoms with Gasteiger partial charge in [0.25, 0.3) is 5.89 Å². The van der Waals surface area contributed by atoms with Crippen LogP contribution in [0.2, 0.25) is 0 Å². The van der Waals surface area contributed by atoms with Crippen molar-refractivity contribution in [1.29, 1.82) is 5.26 Å². The van der Waals surface area contributed by atoms with Gasteiger partial charge in [-0.05, 0) is 50.6 Å². The highest BCUT2D eigenvalue weighted by atomic mass is 16.6. The maximum atomic E-state index is 8.82. The first-order chi connectivity index (χ1) is 12.7. The van der Waals surface area contributed by atoms with Crippen LogP contribution >= 0.6 is 0 Å². The van der Waals surface area contributed by atoms with E-state index < -0.39 is 0 Å². The van der Waals surface area contributed by atoms with Crippen molar-refractivity contribution in [3.8, 4) is 17.5 Å². The van der Waals surface area contributed by atoms with Gasteiger partial charge >= 0.3 is 0 Å². The van der Waals surface area contributed by atoms with E-state index in [9.17, 15) is 0 Å². The minimum absolute atomic E-state index is 0.0551. The Hall–Kier alpha value is -2.92. The largest absolute Gasteiger partial charge is 0.417 e. The van der Waals surface area contributed by atoms with E-state index in [-0.39, 0.29) is 6.61 Å². The number of amidine groups is 1. The van der Waals surface area contributed by atoms with Crippen molar-refractivity contribution >= 4 is 5.84 Å². The Balaban J connectivity index is 1.51. The quantitative estimate of drug-likeness (QED) is 0.481. The zero-order valence-corrected chi connectivity index (χ0v) is 14.8. The molecule has 1 saturated heterocycles. The summed E-state index contributed by atoms with van der Waals surface area (Å²) in [6, 6.07) is 9.49. The van der Waals surface area contributed by atoms with Crippen LogP contribution < -0.4 is 5.73 Å². The van der Waals surface area contributed by atoms with Gasteiger partial charge in [-0.1, -0.05) is 11.6 Å². The number of aromatic nitrogens is 2. The summed E-state index contributed by atoms with van der Waals surface area (Å²) in [6.07, 6.45) is 3.65. The number of oxime groups is 1. The van der Waals surface area contributed by atoms with Crippen LogP contribution in [-0.4, -0.2) is 40.1 Å². The van der Waals surface area contributed by atoms with E-state index in [1.807, 2.05) is 0 Å². The zero-order valence-electron chi connectivity index (χ0n) is 14.8. The van der Waals surface area contributed by atoms with Crippen molar-refractivity contribution < 1.29 is 9.25 Å². The molecule has 0 radical (unpaired) electrons. The molecule has 1 aromatic heterocycles. The smallest absolute Gasteiger partial charge is 0.257 e. The third-order valence-electron chi connectivity index (χ3n) is 4.40. The Kier molecular flexibility index (Phi) is 5.81. The van der Waals surface area contributed by atoms with E-state index in [0.717, 1.165) is 12.1 Å². The summed E-state index contributed by atoms with van der Waals surface area (Å²) in [5, 5.41) is 20.7. The van der Waals surface area contributed by atoms with Gasteiger partial charge in [0.2, 0.25) is 5.89 Å². The molecule has 2 heterocycles. The molecular weight excluding hydrogens is 332 g/mol. The third-order valence-corrected chi connectivity index (χ3v) is 4.40. The number of nitrogens with zero attached hydrogens (tertiary/aromatic N) is 5. The SMILES string of the molecule is CC1CCCCN1CC(N)=NOCc1nnc(-c2ccc(C#N)cc2)o1. The second kappa shape index (κ2) is 8.45. The van der Waals surface area contributed by atoms with Crippen LogP contribution in [0.3, 0.4) is 0 Å². The predicted molar refractivity (Wildman–Crippen MR) is 95.7 cm³/mol. The zero-order chi connectivity index (χ0) is 18.4. The molecule has 1 fully saturated rings. The Morgan fingerprint density at radius 3 is 2.92 bits per heavy atom. The normalized spacial score (nSPS) is 18.5. The Labute approximate surface area is 152 Å². The molecule has 1 aromatic carbocycles. The highest BCUT2D eigenvalue weighted by Gasteiger charge is 2.19. The lowest BCUT2D eigenvalue weighted by molar-refractivity contribution is 0.108. The van der Waals surface area contributed by atoms with Crippen LogP contribution in [0.1, 0.15) is 37.6 Å². The summed E-state index contributed by atoms with van der Waals surface area (Å²) in [6.45, 7) is 3.90. The minimum atomic E-state index is 0.0551. The standard InChI is InChI=1S/C18H22N6O2/c1-13-4-2-3-9-24(13)11-16(20)23-25-12-17-21-22-18(26-17)15-7-5-14(10-19)6-8-15/h5-8,13H,2-4,9,11-12H2,1H3,(H2,20,23). The lowest BCUT2D eigenvalue weighted by atomic mass is 10.0. The third kappa shape index (κ3) is 4.58. The first kappa shape index (κ1) is 17.9. The van der Waals surface area contributed by atoms with Crippen LogP contribution in [0.5, 0.6) is 0 Å². The second-order valence-corrected chi connectivity index (χ2v) is 6.36. The highest BCUT2D eigenvalue weighted by Crippen LogP contribution is 2.19. The summed E-state index contributed by atoms with van der Waals surface area (Å²) in [7, 11) is 0. The summed E-state index contributed by atoms with van der Waals surface area (Å²) in [4.78, 5) is 7.55. The first-order valence-electron chi connectivity index (χ1n) is 8.67. The minimum Gasteiger partial charge on any atom is -0.417 e. The number of hydrogen-bond acceptors (Lipinski definition) is 7. The fourth-order valence-electron chi connectivity index (χ4n) is 2.92. The molecule has 0 aliphatic carbocycles. The monoisotopic (exact) mass is 354 g/mol. The molecule has 0 spiro atoms. The van der Waals surface area contributed by atoms with Crippen LogP contribution in [0.4, 0.5) is 0 Å². The predicted octanol–water partition coefficient (Wildman–Crippen LogP) is 2.27. The van der Waals surface area contributed by atoms with E-state index in [0.29, 0.717) is 35.8 Å². The maximum Gasteiger partial charge on any atom is 0.257 e. The lowest BCUT2D eigenvalue weighted by Crippen LogP contribution is -2.42. The van der Waals surface area contributed by atoms with Gasteiger partial charge in [-0.15, -0.1) is 10.2 Å². The number of benzene rings is 1. The summed E-state index contributed by atoms with van der Waals surface area (Å²) in [5.74, 6) is 1.12. The number of likely N-dealkylation sites (tertiary alicyclic amines) is 1. The van der Waals surface area contributed by atoms with Gasteiger partial charge in [-0.2, -0.15) is 5.26 Å². The summed E-state index contributed by atoms with van der Waals surface area (Å²) in [5.41, 5.74) is 7.26. The van der Waals surface area contributed by atoms with Crippen molar-refractivity contribution in [3.63, 3.8) is 0 Å². The molecule has 8 heteroatoms. The summed E-state index contributed by atoms with van der Waals surface area (Å²) >= 11 is 0. The van der Waals surface area contributed by atoms with Gasteiger partial charge in [0.15, 0.2) is 12.4 Å². The van der Waals surface area contributed by atoms with Crippen molar-refractivity contribution in [2.45, 2.75) is 38.8 Å². The maximum absolute atomic E-state index is 8.82. The highest BCUT2D eigenvalue weighted by molar-refractivity contribution is 5.81. The molecule has 1 aliphatic heterocycles. The van der Waals surface area contributed by atoms with Gasteiger partial charge in [0.05, 0.1) is 18.2 Å². The molecule has 136 valence electrons. The lowest BCUT2D eigenvalue weighted by Gasteiger charge is -2.32. The van der Waals surface area contributed by atoms with Crippen molar-refractivity contribution in [2.75, 3.05) is 13.1 Å². The first-order valence-corrected chi connectivity index (χ1v) is 8.67. The molecule has 1 aliphatic rings. The topological polar surface area (TPSA) is 114 Å². The van der Waals surface area contributed by atoms with Gasteiger partial charge in [-0.25, -0.2) is 0 Å². The number of nitrogens with two attached hydrogens (primary N) is 1. The van der Waals surface area contributed by atoms with Crippen molar-refractivity contribution in [1.82, 2.24) is 15.1 Å². The van der Waals surface area contributed by atoms with E-state index >= 15 is 0 Å². The van der Waals surface area contributed by atoms with Crippen molar-refractivity contribution in [2.24, 2.45) is 10.9 Å². The number of hydrogen-bond donors (Lipinski definition) is 1. The van der Waals surface area contributed by atoms with Crippen LogP contribution in [-0.2, 0) is 11.4 Å². The molecule has 1 atom stereocenters. The molecule has 1 unspecified atom stereocenters. The second-order valence-electron chi connectivity index (χ2n) is 6.36. The molecule has 2 N–H and O–H groups in total. The molecule has 0 saturated carbocycles. The van der Waals surface area contributed by atoms with Crippen LogP contribution in [0.25, 0.3) is 11.5 Å². The molecule has 26 heavy (non-hydrogen) atoms. The van der Waals surface area contributed by atoms with Crippen LogP contribution in [0, 0.1) is 11.3 Å². The van der Waals surface area contributed by atoms with Crippen LogP contribution in [0.15, 0.2) is 33.8 Å². The van der Waals surface area contributed by atoms with E-state index in [1.54, 1.807) is 24.3 Å². The Morgan fingerprint density at radius 1 is 1.38 bits per heavy atom. The van der Waals surface area contributed by atoms with Gasteiger partial charge in [0.1, 0.15) is 0 Å². The van der Waals surface area contributed by atoms with E-state index in [4.69, 9.17) is 20.3 Å². The van der Waals surface area contributed by atoms with Gasteiger partial charge in [-0.3, -0.25) is 4.90 Å².